The van der Waals surface area contributed by atoms with Crippen LogP contribution < -0.4 is 0 Å². The summed E-state index contributed by atoms with van der Waals surface area (Å²) in [6, 6.07) is 9.19. The van der Waals surface area contributed by atoms with Crippen molar-refractivity contribution in [3.63, 3.8) is 0 Å². The molecule has 0 amide bonds. The molecule has 0 bridgehead atoms. The maximum Gasteiger partial charge on any atom is 0.181 e. The first kappa shape index (κ1) is 11.7. The summed E-state index contributed by atoms with van der Waals surface area (Å²) in [4.78, 5) is 7.41. The third kappa shape index (κ3) is 2.66. The van der Waals surface area contributed by atoms with E-state index in [1.165, 1.54) is 6.33 Å². The first-order valence-corrected chi connectivity index (χ1v) is 5.64. The smallest absolute Gasteiger partial charge is 0.181 e. The number of hydrogen-bond acceptors (Lipinski definition) is 3. The van der Waals surface area contributed by atoms with Gasteiger partial charge < -0.3 is 0 Å². The Bertz CT molecular complexity index is 575. The van der Waals surface area contributed by atoms with Gasteiger partial charge in [-0.2, -0.15) is 5.26 Å². The van der Waals surface area contributed by atoms with Crippen LogP contribution in [-0.4, -0.2) is 9.97 Å². The fourth-order valence-electron chi connectivity index (χ4n) is 1.40. The zero-order chi connectivity index (χ0) is 12.3. The molecule has 0 atom stereocenters. The van der Waals surface area contributed by atoms with Crippen molar-refractivity contribution in [3.05, 3.63) is 57.8 Å². The summed E-state index contributed by atoms with van der Waals surface area (Å²) < 4.78 is 14.6. The van der Waals surface area contributed by atoms with Crippen LogP contribution in [0.2, 0.25) is 0 Å². The number of nitrogens with zero attached hydrogens (tertiary/aromatic N) is 3. The molecular weight excluding hydrogens is 285 g/mol. The van der Waals surface area contributed by atoms with Gasteiger partial charge in [-0.25, -0.2) is 14.4 Å². The van der Waals surface area contributed by atoms with Crippen molar-refractivity contribution in [1.29, 1.82) is 5.26 Å². The van der Waals surface area contributed by atoms with Crippen LogP contribution in [0.1, 0.15) is 17.0 Å². The fraction of sp³-hybridized carbons (Fsp3) is 0.0833. The Hall–Kier alpha value is -1.80. The van der Waals surface area contributed by atoms with E-state index in [0.29, 0.717) is 6.42 Å². The summed E-state index contributed by atoms with van der Waals surface area (Å²) >= 11 is 3.33. The molecule has 0 saturated heterocycles. The standard InChI is InChI=1S/C12H7BrFN3/c13-9-3-1-8(2-4-9)5-10-12(14)11(6-15)17-7-16-10/h1-4,7H,5H2. The van der Waals surface area contributed by atoms with Crippen LogP contribution in [-0.2, 0) is 6.42 Å². The van der Waals surface area contributed by atoms with Crippen molar-refractivity contribution in [1.82, 2.24) is 9.97 Å². The monoisotopic (exact) mass is 291 g/mol. The molecule has 1 aromatic carbocycles. The number of halogens is 2. The quantitative estimate of drug-likeness (QED) is 0.855. The lowest BCUT2D eigenvalue weighted by atomic mass is 10.1. The van der Waals surface area contributed by atoms with Gasteiger partial charge in [-0.05, 0) is 17.7 Å². The average Bonchev–Trinajstić information content (AvgIpc) is 2.35. The van der Waals surface area contributed by atoms with Gasteiger partial charge in [-0.15, -0.1) is 0 Å². The van der Waals surface area contributed by atoms with Gasteiger partial charge in [-0.1, -0.05) is 28.1 Å². The van der Waals surface area contributed by atoms with Gasteiger partial charge in [-0.3, -0.25) is 0 Å². The highest BCUT2D eigenvalue weighted by molar-refractivity contribution is 9.10. The molecule has 2 rings (SSSR count). The number of nitriles is 1. The largest absolute Gasteiger partial charge is 0.238 e. The van der Waals surface area contributed by atoms with E-state index in [0.717, 1.165) is 10.0 Å². The topological polar surface area (TPSA) is 49.6 Å². The summed E-state index contributed by atoms with van der Waals surface area (Å²) in [7, 11) is 0. The highest BCUT2D eigenvalue weighted by atomic mass is 79.9. The average molecular weight is 292 g/mol. The minimum absolute atomic E-state index is 0.216. The van der Waals surface area contributed by atoms with Gasteiger partial charge in [0.05, 0.1) is 5.69 Å². The lowest BCUT2D eigenvalue weighted by Gasteiger charge is -2.03. The lowest BCUT2D eigenvalue weighted by molar-refractivity contribution is 0.590. The van der Waals surface area contributed by atoms with Gasteiger partial charge in [0.2, 0.25) is 0 Å². The third-order valence-electron chi connectivity index (χ3n) is 2.25. The van der Waals surface area contributed by atoms with Crippen LogP contribution in [0.25, 0.3) is 0 Å². The third-order valence-corrected chi connectivity index (χ3v) is 2.78. The molecule has 17 heavy (non-hydrogen) atoms. The van der Waals surface area contributed by atoms with Crippen LogP contribution in [0, 0.1) is 17.1 Å². The predicted octanol–water partition coefficient (Wildman–Crippen LogP) is 2.84. The van der Waals surface area contributed by atoms with Gasteiger partial charge in [0, 0.05) is 10.9 Å². The van der Waals surface area contributed by atoms with E-state index in [1.807, 2.05) is 24.3 Å². The Kier molecular flexibility index (Phi) is 3.45. The number of rotatable bonds is 2. The highest BCUT2D eigenvalue weighted by Crippen LogP contribution is 2.15. The van der Waals surface area contributed by atoms with Gasteiger partial charge in [0.15, 0.2) is 11.5 Å². The van der Waals surface area contributed by atoms with E-state index in [1.54, 1.807) is 6.07 Å². The fourth-order valence-corrected chi connectivity index (χ4v) is 1.67. The molecule has 0 aliphatic heterocycles. The Labute approximate surface area is 106 Å². The molecule has 0 aliphatic rings. The first-order valence-electron chi connectivity index (χ1n) is 4.84. The van der Waals surface area contributed by atoms with E-state index in [-0.39, 0.29) is 11.4 Å². The number of hydrogen-bond donors (Lipinski definition) is 0. The summed E-state index contributed by atoms with van der Waals surface area (Å²) in [5, 5.41) is 8.66. The Morgan fingerprint density at radius 3 is 2.59 bits per heavy atom. The van der Waals surface area contributed by atoms with Crippen LogP contribution in [0.5, 0.6) is 0 Å². The van der Waals surface area contributed by atoms with Crippen molar-refractivity contribution >= 4 is 15.9 Å². The second-order valence-electron chi connectivity index (χ2n) is 3.40. The molecule has 0 unspecified atom stereocenters. The molecule has 0 spiro atoms. The Morgan fingerprint density at radius 1 is 1.24 bits per heavy atom. The SMILES string of the molecule is N#Cc1ncnc(Cc2ccc(Br)cc2)c1F. The van der Waals surface area contributed by atoms with Crippen molar-refractivity contribution < 1.29 is 4.39 Å². The van der Waals surface area contributed by atoms with Crippen LogP contribution in [0.4, 0.5) is 4.39 Å². The lowest BCUT2D eigenvalue weighted by Crippen LogP contribution is -2.01. The Morgan fingerprint density at radius 2 is 1.94 bits per heavy atom. The van der Waals surface area contributed by atoms with Gasteiger partial charge in [0.1, 0.15) is 12.4 Å². The van der Waals surface area contributed by atoms with Gasteiger partial charge >= 0.3 is 0 Å². The van der Waals surface area contributed by atoms with E-state index >= 15 is 0 Å². The van der Waals surface area contributed by atoms with Crippen LogP contribution >= 0.6 is 15.9 Å². The van der Waals surface area contributed by atoms with Crippen LogP contribution in [0.15, 0.2) is 35.1 Å². The second-order valence-corrected chi connectivity index (χ2v) is 4.31. The molecule has 2 aromatic rings. The zero-order valence-corrected chi connectivity index (χ0v) is 10.3. The van der Waals surface area contributed by atoms with E-state index in [2.05, 4.69) is 25.9 Å². The summed E-state index contributed by atoms with van der Waals surface area (Å²) in [6.45, 7) is 0. The summed E-state index contributed by atoms with van der Waals surface area (Å²) in [5.41, 5.74) is 0.945. The minimum Gasteiger partial charge on any atom is -0.238 e. The van der Waals surface area contributed by atoms with Crippen molar-refractivity contribution in [2.75, 3.05) is 0 Å². The number of aromatic nitrogens is 2. The van der Waals surface area contributed by atoms with Crippen molar-refractivity contribution in [2.45, 2.75) is 6.42 Å². The highest BCUT2D eigenvalue weighted by Gasteiger charge is 2.10. The molecule has 1 aromatic heterocycles. The molecule has 84 valence electrons. The molecule has 0 saturated carbocycles. The summed E-state index contributed by atoms with van der Waals surface area (Å²) in [6.07, 6.45) is 1.55. The van der Waals surface area contributed by atoms with E-state index < -0.39 is 5.82 Å². The molecule has 0 radical (unpaired) electrons. The zero-order valence-electron chi connectivity index (χ0n) is 8.69. The van der Waals surface area contributed by atoms with Gasteiger partial charge in [0.25, 0.3) is 0 Å². The molecule has 3 nitrogen and oxygen atoms in total. The minimum atomic E-state index is -0.641. The molecule has 5 heteroatoms. The predicted molar refractivity (Wildman–Crippen MR) is 63.7 cm³/mol. The van der Waals surface area contributed by atoms with Crippen molar-refractivity contribution in [2.24, 2.45) is 0 Å². The second kappa shape index (κ2) is 5.02. The van der Waals surface area contributed by atoms with E-state index in [4.69, 9.17) is 5.26 Å². The van der Waals surface area contributed by atoms with Crippen molar-refractivity contribution in [3.8, 4) is 6.07 Å². The molecule has 0 aliphatic carbocycles. The maximum atomic E-state index is 13.7. The van der Waals surface area contributed by atoms with Crippen LogP contribution in [0.3, 0.4) is 0 Å². The molecule has 1 heterocycles. The molecule has 0 N–H and O–H groups in total. The first-order chi connectivity index (χ1) is 8.20. The van der Waals surface area contributed by atoms with E-state index in [9.17, 15) is 4.39 Å². The normalized spacial score (nSPS) is 9.94. The maximum absolute atomic E-state index is 13.7. The molecule has 0 fully saturated rings. The number of benzene rings is 1. The molecular formula is C12H7BrFN3. The Balaban J connectivity index is 2.31. The summed E-state index contributed by atoms with van der Waals surface area (Å²) in [5.74, 6) is -0.641.